The van der Waals surface area contributed by atoms with E-state index in [-0.39, 0.29) is 5.41 Å². The van der Waals surface area contributed by atoms with Crippen molar-refractivity contribution in [3.63, 3.8) is 0 Å². The van der Waals surface area contributed by atoms with Crippen molar-refractivity contribution >= 4 is 21.8 Å². The van der Waals surface area contributed by atoms with E-state index in [0.29, 0.717) is 0 Å². The van der Waals surface area contributed by atoms with Crippen LogP contribution in [0.4, 0.5) is 0 Å². The van der Waals surface area contributed by atoms with Crippen molar-refractivity contribution in [3.8, 4) is 61.5 Å². The lowest BCUT2D eigenvalue weighted by Crippen LogP contribution is -2.15. The first kappa shape index (κ1) is 30.3. The van der Waals surface area contributed by atoms with Crippen molar-refractivity contribution in [2.24, 2.45) is 0 Å². The van der Waals surface area contributed by atoms with E-state index in [1.165, 1.54) is 72.0 Å². The van der Waals surface area contributed by atoms with Crippen LogP contribution >= 0.6 is 0 Å². The molecule has 9 aromatic rings. The summed E-state index contributed by atoms with van der Waals surface area (Å²) in [6, 6.07) is 57.4. The third-order valence-corrected chi connectivity index (χ3v) is 11.0. The topological polar surface area (TPSA) is 30.7 Å². The standard InChI is InChI=1S/C49H35N3/c1-49(2)44-29-36(32-12-14-34(15-13-32)46-22-18-38(31-51-46)33-24-26-50-27-25-33)16-20-40(44)41-21-17-37(30-45(41)49)35-19-23-48-43(28-35)42-10-6-7-11-47(42)52(48)39-8-4-3-5-9-39/h3-31H,1-2H3. The Hall–Kier alpha value is -6.58. The van der Waals surface area contributed by atoms with Crippen LogP contribution in [0, 0.1) is 0 Å². The van der Waals surface area contributed by atoms with Crippen molar-refractivity contribution in [2.45, 2.75) is 19.3 Å². The van der Waals surface area contributed by atoms with E-state index >= 15 is 0 Å². The lowest BCUT2D eigenvalue weighted by atomic mass is 9.81. The lowest BCUT2D eigenvalue weighted by Gasteiger charge is -2.22. The van der Waals surface area contributed by atoms with Gasteiger partial charge in [-0.05, 0) is 111 Å². The van der Waals surface area contributed by atoms with Crippen LogP contribution in [0.3, 0.4) is 0 Å². The Balaban J connectivity index is 0.965. The van der Waals surface area contributed by atoms with Crippen LogP contribution in [0.25, 0.3) is 83.3 Å². The molecule has 0 atom stereocenters. The van der Waals surface area contributed by atoms with E-state index < -0.39 is 0 Å². The molecule has 3 heterocycles. The molecule has 0 saturated heterocycles. The van der Waals surface area contributed by atoms with Gasteiger partial charge in [0.2, 0.25) is 0 Å². The summed E-state index contributed by atoms with van der Waals surface area (Å²) in [5, 5.41) is 2.54. The SMILES string of the molecule is CC1(C)c2cc(-c3ccc(-c4ccc(-c5ccncc5)cn4)cc3)ccc2-c2ccc(-c3ccc4c(c3)c3ccccc3n4-c3ccccc3)cc21. The molecular formula is C49H35N3. The van der Waals surface area contributed by atoms with Gasteiger partial charge in [0.05, 0.1) is 16.7 Å². The van der Waals surface area contributed by atoms with Crippen LogP contribution in [-0.4, -0.2) is 14.5 Å². The molecule has 0 fully saturated rings. The maximum absolute atomic E-state index is 4.77. The van der Waals surface area contributed by atoms with Gasteiger partial charge in [0.15, 0.2) is 0 Å². The molecular weight excluding hydrogens is 631 g/mol. The molecule has 246 valence electrons. The highest BCUT2D eigenvalue weighted by Gasteiger charge is 2.36. The third kappa shape index (κ3) is 4.81. The highest BCUT2D eigenvalue weighted by atomic mass is 15.0. The van der Waals surface area contributed by atoms with Gasteiger partial charge in [-0.1, -0.05) is 111 Å². The quantitative estimate of drug-likeness (QED) is 0.183. The monoisotopic (exact) mass is 665 g/mol. The summed E-state index contributed by atoms with van der Waals surface area (Å²) in [4.78, 5) is 8.89. The van der Waals surface area contributed by atoms with E-state index in [1.807, 2.05) is 30.7 Å². The van der Waals surface area contributed by atoms with Crippen LogP contribution in [0.1, 0.15) is 25.0 Å². The Morgan fingerprint density at radius 1 is 0.442 bits per heavy atom. The Morgan fingerprint density at radius 3 is 1.71 bits per heavy atom. The minimum Gasteiger partial charge on any atom is -0.309 e. The van der Waals surface area contributed by atoms with Gasteiger partial charge in [-0.2, -0.15) is 0 Å². The van der Waals surface area contributed by atoms with Crippen LogP contribution in [0.15, 0.2) is 176 Å². The maximum atomic E-state index is 4.77. The largest absolute Gasteiger partial charge is 0.309 e. The van der Waals surface area contributed by atoms with Gasteiger partial charge >= 0.3 is 0 Å². The van der Waals surface area contributed by atoms with Crippen LogP contribution < -0.4 is 0 Å². The predicted molar refractivity (Wildman–Crippen MR) is 216 cm³/mol. The van der Waals surface area contributed by atoms with Crippen molar-refractivity contribution in [3.05, 3.63) is 187 Å². The summed E-state index contributed by atoms with van der Waals surface area (Å²) in [6.45, 7) is 4.73. The van der Waals surface area contributed by atoms with Gasteiger partial charge in [0.25, 0.3) is 0 Å². The normalized spacial score (nSPS) is 13.0. The second-order valence-corrected chi connectivity index (χ2v) is 14.3. The summed E-state index contributed by atoms with van der Waals surface area (Å²) >= 11 is 0. The molecule has 0 amide bonds. The summed E-state index contributed by atoms with van der Waals surface area (Å²) < 4.78 is 2.38. The van der Waals surface area contributed by atoms with Gasteiger partial charge in [-0.3, -0.25) is 9.97 Å². The Kier molecular flexibility index (Phi) is 6.84. The van der Waals surface area contributed by atoms with Crippen molar-refractivity contribution in [2.75, 3.05) is 0 Å². The molecule has 0 radical (unpaired) electrons. The lowest BCUT2D eigenvalue weighted by molar-refractivity contribution is 0.661. The molecule has 3 heteroatoms. The van der Waals surface area contributed by atoms with Gasteiger partial charge in [0, 0.05) is 51.6 Å². The number of hydrogen-bond donors (Lipinski definition) is 0. The molecule has 10 rings (SSSR count). The number of nitrogens with zero attached hydrogens (tertiary/aromatic N) is 3. The molecule has 0 saturated carbocycles. The fourth-order valence-electron chi connectivity index (χ4n) is 8.22. The minimum atomic E-state index is -0.134. The molecule has 52 heavy (non-hydrogen) atoms. The van der Waals surface area contributed by atoms with Crippen LogP contribution in [-0.2, 0) is 5.41 Å². The Bertz CT molecular complexity index is 2780. The fourth-order valence-corrected chi connectivity index (χ4v) is 8.22. The number of hydrogen-bond acceptors (Lipinski definition) is 2. The van der Waals surface area contributed by atoms with Gasteiger partial charge in [-0.15, -0.1) is 0 Å². The van der Waals surface area contributed by atoms with E-state index in [9.17, 15) is 0 Å². The highest BCUT2D eigenvalue weighted by Crippen LogP contribution is 2.51. The zero-order chi connectivity index (χ0) is 34.8. The number of benzene rings is 6. The fraction of sp³-hybridized carbons (Fsp3) is 0.0612. The van der Waals surface area contributed by atoms with Crippen LogP contribution in [0.2, 0.25) is 0 Å². The average molecular weight is 666 g/mol. The van der Waals surface area contributed by atoms with Gasteiger partial charge in [0.1, 0.15) is 0 Å². The molecule has 3 nitrogen and oxygen atoms in total. The molecule has 0 aliphatic heterocycles. The molecule has 1 aliphatic rings. The molecule has 6 aromatic carbocycles. The van der Waals surface area contributed by atoms with Crippen molar-refractivity contribution < 1.29 is 0 Å². The zero-order valence-corrected chi connectivity index (χ0v) is 29.1. The number of fused-ring (bicyclic) bond motifs is 6. The summed E-state index contributed by atoms with van der Waals surface area (Å²) in [6.07, 6.45) is 5.56. The van der Waals surface area contributed by atoms with E-state index in [0.717, 1.165) is 22.4 Å². The second-order valence-electron chi connectivity index (χ2n) is 14.3. The molecule has 1 aliphatic carbocycles. The van der Waals surface area contributed by atoms with Crippen molar-refractivity contribution in [1.29, 1.82) is 0 Å². The summed E-state index contributed by atoms with van der Waals surface area (Å²) in [5.74, 6) is 0. The third-order valence-electron chi connectivity index (χ3n) is 11.0. The molecule has 0 bridgehead atoms. The maximum Gasteiger partial charge on any atom is 0.0702 e. The minimum absolute atomic E-state index is 0.134. The number of rotatable bonds is 5. The van der Waals surface area contributed by atoms with E-state index in [2.05, 4.69) is 169 Å². The van der Waals surface area contributed by atoms with Gasteiger partial charge in [-0.25, -0.2) is 0 Å². The molecule has 0 N–H and O–H groups in total. The first-order valence-electron chi connectivity index (χ1n) is 17.9. The highest BCUT2D eigenvalue weighted by molar-refractivity contribution is 6.10. The zero-order valence-electron chi connectivity index (χ0n) is 29.1. The number of aromatic nitrogens is 3. The van der Waals surface area contributed by atoms with E-state index in [1.54, 1.807) is 0 Å². The first-order chi connectivity index (χ1) is 25.5. The summed E-state index contributed by atoms with van der Waals surface area (Å²) in [7, 11) is 0. The number of para-hydroxylation sites is 2. The van der Waals surface area contributed by atoms with E-state index in [4.69, 9.17) is 4.98 Å². The smallest absolute Gasteiger partial charge is 0.0702 e. The first-order valence-corrected chi connectivity index (χ1v) is 17.9. The van der Waals surface area contributed by atoms with Crippen molar-refractivity contribution in [1.82, 2.24) is 14.5 Å². The predicted octanol–water partition coefficient (Wildman–Crippen LogP) is 12.5. The number of pyridine rings is 2. The van der Waals surface area contributed by atoms with Gasteiger partial charge < -0.3 is 4.57 Å². The average Bonchev–Trinajstić information content (AvgIpc) is 3.66. The van der Waals surface area contributed by atoms with Crippen LogP contribution in [0.5, 0.6) is 0 Å². The Labute approximate surface area is 303 Å². The molecule has 0 unspecified atom stereocenters. The summed E-state index contributed by atoms with van der Waals surface area (Å²) in [5.41, 5.74) is 18.1. The molecule has 0 spiro atoms. The Morgan fingerprint density at radius 2 is 1.00 bits per heavy atom. The molecule has 3 aromatic heterocycles. The second kappa shape index (κ2) is 11.8.